The molecule has 4 heteroatoms. The molecule has 120 valence electrons. The molecule has 1 heterocycles. The van der Waals surface area contributed by atoms with Crippen molar-refractivity contribution in [1.29, 1.82) is 0 Å². The minimum absolute atomic E-state index is 0. The fourth-order valence-corrected chi connectivity index (χ4v) is 7.66. The molecule has 1 unspecified atom stereocenters. The lowest BCUT2D eigenvalue weighted by Gasteiger charge is -2.42. The third-order valence-electron chi connectivity index (χ3n) is 4.69. The van der Waals surface area contributed by atoms with E-state index < -0.39 is 8.07 Å². The first kappa shape index (κ1) is 18.7. The van der Waals surface area contributed by atoms with E-state index in [-0.39, 0.29) is 18.2 Å². The molecule has 0 aliphatic carbocycles. The predicted octanol–water partition coefficient (Wildman–Crippen LogP) is 4.84. The van der Waals surface area contributed by atoms with Gasteiger partial charge in [0.25, 0.3) is 0 Å². The van der Waals surface area contributed by atoms with Crippen molar-refractivity contribution in [3.63, 3.8) is 0 Å². The van der Waals surface area contributed by atoms with Gasteiger partial charge in [0.05, 0.1) is 8.07 Å². The minimum atomic E-state index is -1.37. The Labute approximate surface area is 136 Å². The van der Waals surface area contributed by atoms with Gasteiger partial charge >= 0.3 is 0 Å². The van der Waals surface area contributed by atoms with Gasteiger partial charge in [-0.15, -0.1) is 12.4 Å². The number of rotatable bonds is 5. The molecule has 0 amide bonds. The van der Waals surface area contributed by atoms with Gasteiger partial charge in [-0.05, 0) is 50.5 Å². The van der Waals surface area contributed by atoms with Gasteiger partial charge in [0.1, 0.15) is 5.82 Å². The van der Waals surface area contributed by atoms with E-state index >= 15 is 0 Å². The summed E-state index contributed by atoms with van der Waals surface area (Å²) in [5, 5.41) is 0. The second kappa shape index (κ2) is 8.30. The van der Waals surface area contributed by atoms with Crippen molar-refractivity contribution in [2.24, 2.45) is 0 Å². The van der Waals surface area contributed by atoms with Crippen LogP contribution in [0.1, 0.15) is 38.2 Å². The van der Waals surface area contributed by atoms with Gasteiger partial charge in [-0.3, -0.25) is 0 Å². The smallest absolute Gasteiger partial charge is 0.123 e. The van der Waals surface area contributed by atoms with E-state index in [9.17, 15) is 4.39 Å². The molecule has 1 aromatic carbocycles. The molecule has 0 bridgehead atoms. The van der Waals surface area contributed by atoms with E-state index in [2.05, 4.69) is 24.9 Å². The Hall–Kier alpha value is -0.383. The summed E-state index contributed by atoms with van der Waals surface area (Å²) < 4.78 is 13.0. The zero-order valence-electron chi connectivity index (χ0n) is 13.6. The summed E-state index contributed by atoms with van der Waals surface area (Å²) in [6.45, 7) is 9.88. The molecule has 0 aromatic heterocycles. The van der Waals surface area contributed by atoms with Crippen LogP contribution in [0.25, 0.3) is 0 Å². The number of hydrogen-bond acceptors (Lipinski definition) is 1. The fraction of sp³-hybridized carbons (Fsp3) is 0.647. The zero-order valence-corrected chi connectivity index (χ0v) is 15.4. The number of likely N-dealkylation sites (tertiary alicyclic amines) is 1. The molecule has 0 saturated carbocycles. The second-order valence-electron chi connectivity index (χ2n) is 6.81. The first-order valence-electron chi connectivity index (χ1n) is 8.01. The Kier molecular flexibility index (Phi) is 7.38. The summed E-state index contributed by atoms with van der Waals surface area (Å²) in [6, 6.07) is 8.28. The molecule has 1 nitrogen and oxygen atoms in total. The molecule has 0 spiro atoms. The van der Waals surface area contributed by atoms with Crippen LogP contribution in [0.3, 0.4) is 0 Å². The molecule has 1 aliphatic heterocycles. The number of hydrogen-bond donors (Lipinski definition) is 0. The van der Waals surface area contributed by atoms with E-state index in [1.165, 1.54) is 44.3 Å². The number of nitrogens with zero attached hydrogens (tertiary/aromatic N) is 1. The van der Waals surface area contributed by atoms with E-state index in [4.69, 9.17) is 0 Å². The summed E-state index contributed by atoms with van der Waals surface area (Å²) in [6.07, 6.45) is 5.36. The van der Waals surface area contributed by atoms with Crippen LogP contribution in [0.5, 0.6) is 0 Å². The molecule has 0 radical (unpaired) electrons. The summed E-state index contributed by atoms with van der Waals surface area (Å²) >= 11 is 0. The number of piperidine rings is 1. The predicted molar refractivity (Wildman–Crippen MR) is 94.3 cm³/mol. The molecular weight excluding hydrogens is 301 g/mol. The quantitative estimate of drug-likeness (QED) is 0.698. The topological polar surface area (TPSA) is 3.24 Å². The average molecular weight is 330 g/mol. The molecule has 2 rings (SSSR count). The van der Waals surface area contributed by atoms with Gasteiger partial charge in [0.2, 0.25) is 0 Å². The van der Waals surface area contributed by atoms with Gasteiger partial charge in [-0.2, -0.15) is 0 Å². The van der Waals surface area contributed by atoms with Crippen LogP contribution in [0, 0.1) is 5.82 Å². The Morgan fingerprint density at radius 3 is 2.19 bits per heavy atom. The minimum Gasteiger partial charge on any atom is -0.303 e. The second-order valence-corrected chi connectivity index (χ2v) is 11.8. The van der Waals surface area contributed by atoms with Gasteiger partial charge < -0.3 is 4.90 Å². The maximum atomic E-state index is 13.0. The molecule has 21 heavy (non-hydrogen) atoms. The highest BCUT2D eigenvalue weighted by molar-refractivity contribution is 6.78. The summed E-state index contributed by atoms with van der Waals surface area (Å²) in [4.78, 5) is 2.74. The van der Waals surface area contributed by atoms with Crippen molar-refractivity contribution < 1.29 is 4.39 Å². The van der Waals surface area contributed by atoms with Crippen molar-refractivity contribution in [3.8, 4) is 0 Å². The third-order valence-corrected chi connectivity index (χ3v) is 8.59. The Bertz CT molecular complexity index is 415. The highest BCUT2D eigenvalue weighted by Crippen LogP contribution is 2.25. The van der Waals surface area contributed by atoms with E-state index in [1.54, 1.807) is 12.1 Å². The van der Waals surface area contributed by atoms with Crippen molar-refractivity contribution in [2.45, 2.75) is 57.4 Å². The highest BCUT2D eigenvalue weighted by Gasteiger charge is 2.35. The van der Waals surface area contributed by atoms with Crippen LogP contribution in [-0.2, 0) is 6.04 Å². The maximum Gasteiger partial charge on any atom is 0.123 e. The van der Waals surface area contributed by atoms with Crippen LogP contribution in [-0.4, -0.2) is 31.7 Å². The lowest BCUT2D eigenvalue weighted by atomic mass is 10.1. The third kappa shape index (κ3) is 5.08. The van der Waals surface area contributed by atoms with Crippen molar-refractivity contribution in [2.75, 3.05) is 13.1 Å². The lowest BCUT2D eigenvalue weighted by Crippen LogP contribution is -2.55. The van der Waals surface area contributed by atoms with Crippen molar-refractivity contribution in [1.82, 2.24) is 4.90 Å². The summed E-state index contributed by atoms with van der Waals surface area (Å²) in [7, 11) is -1.37. The average Bonchev–Trinajstić information content (AvgIpc) is 2.43. The molecule has 1 saturated heterocycles. The largest absolute Gasteiger partial charge is 0.303 e. The number of halogens is 2. The first-order chi connectivity index (χ1) is 9.53. The maximum absolute atomic E-state index is 13.0. The first-order valence-corrected chi connectivity index (χ1v) is 11.3. The van der Waals surface area contributed by atoms with Crippen LogP contribution < -0.4 is 0 Å². The van der Waals surface area contributed by atoms with Crippen LogP contribution in [0.4, 0.5) is 4.39 Å². The SMILES string of the molecule is CCC(N1CCCCC1)[Si](C)(C)Cc1ccc(F)cc1.Cl. The van der Waals surface area contributed by atoms with Crippen LogP contribution in [0.15, 0.2) is 24.3 Å². The van der Waals surface area contributed by atoms with Gasteiger partial charge in [-0.25, -0.2) is 4.39 Å². The molecular formula is C17H29ClFNSi. The molecule has 1 aromatic rings. The fourth-order valence-electron chi connectivity index (χ4n) is 3.78. The van der Waals surface area contributed by atoms with Crippen molar-refractivity contribution in [3.05, 3.63) is 35.6 Å². The Morgan fingerprint density at radius 1 is 1.10 bits per heavy atom. The molecule has 0 N–H and O–H groups in total. The van der Waals surface area contributed by atoms with Gasteiger partial charge in [-0.1, -0.05) is 44.1 Å². The van der Waals surface area contributed by atoms with E-state index in [1.807, 2.05) is 12.1 Å². The normalized spacial score (nSPS) is 18.1. The van der Waals surface area contributed by atoms with E-state index in [0.29, 0.717) is 0 Å². The van der Waals surface area contributed by atoms with Crippen LogP contribution in [0.2, 0.25) is 13.1 Å². The molecule has 1 atom stereocenters. The van der Waals surface area contributed by atoms with Crippen molar-refractivity contribution >= 4 is 20.5 Å². The van der Waals surface area contributed by atoms with Gasteiger partial charge in [0.15, 0.2) is 0 Å². The van der Waals surface area contributed by atoms with Gasteiger partial charge in [0, 0.05) is 5.67 Å². The Balaban J connectivity index is 0.00000220. The monoisotopic (exact) mass is 329 g/mol. The molecule has 1 fully saturated rings. The lowest BCUT2D eigenvalue weighted by molar-refractivity contribution is 0.198. The summed E-state index contributed by atoms with van der Waals surface area (Å²) in [5.41, 5.74) is 2.06. The highest BCUT2D eigenvalue weighted by atomic mass is 35.5. The Morgan fingerprint density at radius 2 is 1.67 bits per heavy atom. The zero-order chi connectivity index (χ0) is 14.6. The standard InChI is InChI=1S/C17H28FNSi.ClH/c1-4-17(19-12-6-5-7-13-19)20(2,3)14-15-8-10-16(18)11-9-15;/h8-11,17H,4-7,12-14H2,1-3H3;1H. The molecule has 1 aliphatic rings. The number of benzene rings is 1. The van der Waals surface area contributed by atoms with E-state index in [0.717, 1.165) is 11.7 Å². The van der Waals surface area contributed by atoms with Crippen LogP contribution >= 0.6 is 12.4 Å². The summed E-state index contributed by atoms with van der Waals surface area (Å²) in [5.74, 6) is -0.128.